The van der Waals surface area contributed by atoms with E-state index in [9.17, 15) is 5.26 Å². The van der Waals surface area contributed by atoms with Crippen molar-refractivity contribution < 1.29 is 21.3 Å². The molecule has 0 bridgehead atoms. The fourth-order valence-electron chi connectivity index (χ4n) is 3.33. The zero-order valence-electron chi connectivity index (χ0n) is 24.2. The summed E-state index contributed by atoms with van der Waals surface area (Å²) in [5.41, 5.74) is 2.01. The van der Waals surface area contributed by atoms with Gasteiger partial charge in [0.2, 0.25) is 5.69 Å². The molecule has 0 aliphatic heterocycles. The summed E-state index contributed by atoms with van der Waals surface area (Å²) in [7, 11) is 1.59. The number of nitrogens with zero attached hydrogens (tertiary/aromatic N) is 2. The number of hydrogen-bond donors (Lipinski definition) is 0. The Kier molecular flexibility index (Phi) is 2.25. The van der Waals surface area contributed by atoms with Gasteiger partial charge < -0.3 is 4.42 Å². The zero-order chi connectivity index (χ0) is 27.0. The minimum absolute atomic E-state index is 0.156. The molecular weight excluding hydrogens is 332 g/mol. The second kappa shape index (κ2) is 6.25. The number of nitriles is 1. The van der Waals surface area contributed by atoms with Crippen LogP contribution in [0.15, 0.2) is 46.8 Å². The fraction of sp³-hybridized carbons (Fsp3) is 0.250. The first-order chi connectivity index (χ1) is 16.6. The highest BCUT2D eigenvalue weighted by Gasteiger charge is 2.20. The molecule has 0 fully saturated rings. The molecule has 0 N–H and O–H groups in total. The SMILES string of the molecule is [2H]c1c(C([2H])(C([2H])([2H])[2H])C([2H])([2H])[2H])c([2H])c(-c2cc3oc4c(C#N)cccc4c3cc2C)[n+](C)c1C. The minimum Gasteiger partial charge on any atom is -0.455 e. The molecule has 134 valence electrons. The Hall–Kier alpha value is -3.12. The summed E-state index contributed by atoms with van der Waals surface area (Å²) < 4.78 is 81.0. The lowest BCUT2D eigenvalue weighted by atomic mass is 9.96. The van der Waals surface area contributed by atoms with Crippen LogP contribution < -0.4 is 4.57 Å². The number of rotatable bonds is 2. The lowest BCUT2D eigenvalue weighted by Gasteiger charge is -2.11. The largest absolute Gasteiger partial charge is 0.455 e. The topological polar surface area (TPSA) is 40.8 Å². The van der Waals surface area contributed by atoms with Crippen LogP contribution in [0.3, 0.4) is 0 Å². The van der Waals surface area contributed by atoms with E-state index in [1.54, 1.807) is 32.2 Å². The zero-order valence-corrected chi connectivity index (χ0v) is 15.2. The number of para-hydroxylation sites is 1. The predicted molar refractivity (Wildman–Crippen MR) is 109 cm³/mol. The third-order valence-electron chi connectivity index (χ3n) is 4.86. The predicted octanol–water partition coefficient (Wildman–Crippen LogP) is 5.69. The molecule has 2 aromatic heterocycles. The number of aromatic nitrogens is 1. The van der Waals surface area contributed by atoms with Crippen molar-refractivity contribution in [1.82, 2.24) is 0 Å². The number of benzene rings is 2. The third kappa shape index (κ3) is 2.69. The monoisotopic (exact) mass is 364 g/mol. The number of pyridine rings is 1. The molecule has 2 aromatic carbocycles. The van der Waals surface area contributed by atoms with E-state index >= 15 is 0 Å². The molecule has 3 nitrogen and oxygen atoms in total. The van der Waals surface area contributed by atoms with Crippen LogP contribution >= 0.6 is 0 Å². The van der Waals surface area contributed by atoms with E-state index in [1.807, 2.05) is 12.1 Å². The van der Waals surface area contributed by atoms with Crippen molar-refractivity contribution in [2.75, 3.05) is 0 Å². The minimum atomic E-state index is -3.33. The maximum Gasteiger partial charge on any atom is 0.213 e. The standard InChI is InChI=1S/C24H23N2O/c1-14(2)18-10-16(4)26(5)22(11-18)20-12-23-21(9-15(20)3)19-8-6-7-17(13-25)24(19)27-23/h6-12,14H,1-5H3/q+1/i1D3,2D3,10D,11D,14D. The van der Waals surface area contributed by atoms with Crippen LogP contribution in [0.1, 0.15) is 54.3 Å². The van der Waals surface area contributed by atoms with E-state index in [0.717, 1.165) is 10.8 Å². The smallest absolute Gasteiger partial charge is 0.213 e. The molecule has 0 unspecified atom stereocenters. The van der Waals surface area contributed by atoms with Crippen molar-refractivity contribution in [3.05, 3.63) is 64.8 Å². The van der Waals surface area contributed by atoms with Crippen LogP contribution in [0.2, 0.25) is 0 Å². The number of hydrogen-bond acceptors (Lipinski definition) is 2. The summed E-state index contributed by atoms with van der Waals surface area (Å²) >= 11 is 0. The van der Waals surface area contributed by atoms with Crippen molar-refractivity contribution in [2.45, 2.75) is 33.4 Å². The fourth-order valence-corrected chi connectivity index (χ4v) is 3.33. The number of furan rings is 1. The van der Waals surface area contributed by atoms with Gasteiger partial charge in [0.15, 0.2) is 11.3 Å². The molecule has 0 aliphatic rings. The molecule has 0 amide bonds. The summed E-state index contributed by atoms with van der Waals surface area (Å²) in [6, 6.07) is 9.80. The van der Waals surface area contributed by atoms with Crippen LogP contribution in [0.4, 0.5) is 0 Å². The van der Waals surface area contributed by atoms with E-state index < -0.39 is 37.2 Å². The Morgan fingerprint density at radius 1 is 1.22 bits per heavy atom. The van der Waals surface area contributed by atoms with Crippen LogP contribution in [-0.4, -0.2) is 0 Å². The molecule has 27 heavy (non-hydrogen) atoms. The maximum absolute atomic E-state index is 9.45. The molecule has 4 rings (SSSR count). The molecule has 3 heteroatoms. The highest BCUT2D eigenvalue weighted by atomic mass is 16.3. The first kappa shape index (κ1) is 9.71. The lowest BCUT2D eigenvalue weighted by molar-refractivity contribution is -0.666. The van der Waals surface area contributed by atoms with Gasteiger partial charge in [0.05, 0.1) is 13.9 Å². The van der Waals surface area contributed by atoms with Crippen LogP contribution in [0, 0.1) is 25.2 Å². The van der Waals surface area contributed by atoms with Gasteiger partial charge in [0, 0.05) is 39.4 Å². The number of aryl methyl sites for hydroxylation is 1. The van der Waals surface area contributed by atoms with E-state index in [1.165, 1.54) is 11.5 Å². The number of fused-ring (bicyclic) bond motifs is 3. The molecule has 0 aliphatic carbocycles. The van der Waals surface area contributed by atoms with Crippen LogP contribution in [0.5, 0.6) is 0 Å². The van der Waals surface area contributed by atoms with E-state index in [0.29, 0.717) is 27.9 Å². The van der Waals surface area contributed by atoms with Gasteiger partial charge in [-0.15, -0.1) is 0 Å². The molecule has 0 saturated heterocycles. The summed E-state index contributed by atoms with van der Waals surface area (Å²) in [6.45, 7) is -3.37. The van der Waals surface area contributed by atoms with Crippen molar-refractivity contribution in [3.8, 4) is 17.3 Å². The van der Waals surface area contributed by atoms with Gasteiger partial charge in [-0.2, -0.15) is 9.83 Å². The Bertz CT molecular complexity index is 1580. The summed E-state index contributed by atoms with van der Waals surface area (Å²) in [4.78, 5) is 0. The van der Waals surface area contributed by atoms with Gasteiger partial charge in [0.1, 0.15) is 18.7 Å². The molecule has 0 spiro atoms. The Morgan fingerprint density at radius 3 is 2.78 bits per heavy atom. The second-order valence-corrected chi connectivity index (χ2v) is 6.55. The second-order valence-electron chi connectivity index (χ2n) is 6.55. The first-order valence-electron chi connectivity index (χ1n) is 12.9. The Morgan fingerprint density at radius 2 is 2.04 bits per heavy atom. The van der Waals surface area contributed by atoms with Gasteiger partial charge in [-0.25, -0.2) is 0 Å². The van der Waals surface area contributed by atoms with Gasteiger partial charge in [-0.3, -0.25) is 0 Å². The highest BCUT2D eigenvalue weighted by Crippen LogP contribution is 2.35. The van der Waals surface area contributed by atoms with Crippen molar-refractivity contribution in [2.24, 2.45) is 7.05 Å². The average molecular weight is 365 g/mol. The Labute approximate surface area is 172 Å². The summed E-state index contributed by atoms with van der Waals surface area (Å²) in [6.07, 6.45) is 0. The van der Waals surface area contributed by atoms with E-state index in [-0.39, 0.29) is 11.4 Å². The van der Waals surface area contributed by atoms with E-state index in [4.69, 9.17) is 16.8 Å². The highest BCUT2D eigenvalue weighted by molar-refractivity contribution is 6.07. The average Bonchev–Trinajstić information content (AvgIpc) is 3.13. The summed E-state index contributed by atoms with van der Waals surface area (Å²) in [5, 5.41) is 10.9. The molecule has 0 radical (unpaired) electrons. The van der Waals surface area contributed by atoms with Gasteiger partial charge in [0.25, 0.3) is 0 Å². The van der Waals surface area contributed by atoms with E-state index in [2.05, 4.69) is 6.07 Å². The van der Waals surface area contributed by atoms with Gasteiger partial charge in [-0.05, 0) is 42.1 Å². The normalized spacial score (nSPS) is 17.6. The third-order valence-corrected chi connectivity index (χ3v) is 4.86. The van der Waals surface area contributed by atoms with Crippen LogP contribution in [0.25, 0.3) is 33.2 Å². The molecule has 0 atom stereocenters. The van der Waals surface area contributed by atoms with Gasteiger partial charge >= 0.3 is 0 Å². The molecule has 0 saturated carbocycles. The first-order valence-corrected chi connectivity index (χ1v) is 8.42. The Balaban J connectivity index is 2.13. The maximum atomic E-state index is 9.45. The van der Waals surface area contributed by atoms with Crippen molar-refractivity contribution >= 4 is 21.9 Å². The summed E-state index contributed by atoms with van der Waals surface area (Å²) in [5.74, 6) is -3.19. The van der Waals surface area contributed by atoms with Crippen molar-refractivity contribution in [1.29, 1.82) is 5.26 Å². The quantitative estimate of drug-likeness (QED) is 0.429. The molecular formula is C24H23N2O+. The molecule has 2 heterocycles. The molecule has 4 aromatic rings. The van der Waals surface area contributed by atoms with Gasteiger partial charge in [-0.1, -0.05) is 25.8 Å². The van der Waals surface area contributed by atoms with Crippen LogP contribution in [-0.2, 0) is 7.05 Å². The lowest BCUT2D eigenvalue weighted by Crippen LogP contribution is -2.35. The van der Waals surface area contributed by atoms with Crippen molar-refractivity contribution in [3.63, 3.8) is 0 Å².